The van der Waals surface area contributed by atoms with Crippen LogP contribution in [0, 0.1) is 0 Å². The molecule has 0 bridgehead atoms. The van der Waals surface area contributed by atoms with E-state index in [2.05, 4.69) is 0 Å². The maximum Gasteiger partial charge on any atom is 0.416 e. The lowest BCUT2D eigenvalue weighted by Crippen LogP contribution is -2.08. The number of fused-ring (bicyclic) bond motifs is 1. The predicted octanol–water partition coefficient (Wildman–Crippen LogP) is 3.74. The van der Waals surface area contributed by atoms with Gasteiger partial charge in [-0.2, -0.15) is 13.2 Å². The minimum absolute atomic E-state index is 0.132. The van der Waals surface area contributed by atoms with Gasteiger partial charge in [0.2, 0.25) is 0 Å². The second-order valence-corrected chi connectivity index (χ2v) is 4.74. The highest BCUT2D eigenvalue weighted by molar-refractivity contribution is 5.85. The summed E-state index contributed by atoms with van der Waals surface area (Å²) in [6.07, 6.45) is -2.40. The van der Waals surface area contributed by atoms with Gasteiger partial charge in [0.15, 0.2) is 0 Å². The summed E-state index contributed by atoms with van der Waals surface area (Å²) in [5, 5.41) is 0.854. The molecule has 104 valence electrons. The van der Waals surface area contributed by atoms with Gasteiger partial charge in [-0.25, -0.2) is 0 Å². The summed E-state index contributed by atoms with van der Waals surface area (Å²) in [4.78, 5) is 0. The molecular formula is C14H17F3N2. The number of hydrogen-bond acceptors (Lipinski definition) is 1. The molecule has 19 heavy (non-hydrogen) atoms. The fourth-order valence-corrected chi connectivity index (χ4v) is 2.28. The highest BCUT2D eigenvalue weighted by Crippen LogP contribution is 2.34. The molecular weight excluding hydrogens is 253 g/mol. The molecule has 0 fully saturated rings. The Labute approximate surface area is 110 Å². The number of benzene rings is 1. The third-order valence-electron chi connectivity index (χ3n) is 3.47. The number of alkyl halides is 3. The van der Waals surface area contributed by atoms with Gasteiger partial charge in [-0.3, -0.25) is 0 Å². The highest BCUT2D eigenvalue weighted by atomic mass is 19.4. The molecule has 0 aliphatic heterocycles. The molecule has 1 unspecified atom stereocenters. The Balaban J connectivity index is 2.66. The van der Waals surface area contributed by atoms with Gasteiger partial charge in [-0.05, 0) is 37.1 Å². The summed E-state index contributed by atoms with van der Waals surface area (Å²) in [6.45, 7) is 5.00. The first-order chi connectivity index (χ1) is 8.88. The number of halogens is 3. The Morgan fingerprint density at radius 3 is 2.53 bits per heavy atom. The lowest BCUT2D eigenvalue weighted by Gasteiger charge is -2.09. The second-order valence-electron chi connectivity index (χ2n) is 4.74. The molecule has 0 spiro atoms. The normalized spacial score (nSPS) is 14.0. The van der Waals surface area contributed by atoms with E-state index in [1.807, 2.05) is 24.6 Å². The third-order valence-corrected chi connectivity index (χ3v) is 3.47. The largest absolute Gasteiger partial charge is 0.416 e. The van der Waals surface area contributed by atoms with E-state index in [0.717, 1.165) is 17.0 Å². The molecule has 0 saturated carbocycles. The van der Waals surface area contributed by atoms with E-state index in [0.29, 0.717) is 18.6 Å². The van der Waals surface area contributed by atoms with Crippen LogP contribution in [0.1, 0.15) is 30.9 Å². The highest BCUT2D eigenvalue weighted by Gasteiger charge is 2.31. The number of rotatable bonds is 3. The number of aryl methyl sites for hydroxylation is 1. The molecule has 2 nitrogen and oxygen atoms in total. The van der Waals surface area contributed by atoms with Crippen molar-refractivity contribution in [3.63, 3.8) is 0 Å². The van der Waals surface area contributed by atoms with Gasteiger partial charge in [0, 0.05) is 23.6 Å². The second kappa shape index (κ2) is 4.89. The average molecular weight is 270 g/mol. The number of nitrogens with two attached hydrogens (primary N) is 1. The molecule has 2 N–H and O–H groups in total. The predicted molar refractivity (Wildman–Crippen MR) is 70.1 cm³/mol. The Bertz CT molecular complexity index is 584. The molecule has 1 atom stereocenters. The molecule has 0 aliphatic carbocycles. The molecule has 0 amide bonds. The van der Waals surface area contributed by atoms with E-state index in [4.69, 9.17) is 5.73 Å². The van der Waals surface area contributed by atoms with Crippen LogP contribution in [0.15, 0.2) is 24.4 Å². The molecule has 0 aliphatic rings. The Morgan fingerprint density at radius 1 is 1.32 bits per heavy atom. The van der Waals surface area contributed by atoms with Gasteiger partial charge in [-0.1, -0.05) is 13.0 Å². The maximum absolute atomic E-state index is 12.8. The molecule has 1 aromatic carbocycles. The molecule has 5 heteroatoms. The molecule has 0 saturated heterocycles. The van der Waals surface area contributed by atoms with Crippen molar-refractivity contribution in [1.29, 1.82) is 0 Å². The summed E-state index contributed by atoms with van der Waals surface area (Å²) in [6, 6.07) is 3.90. The Kier molecular flexibility index (Phi) is 3.58. The van der Waals surface area contributed by atoms with E-state index < -0.39 is 11.7 Å². The first-order valence-corrected chi connectivity index (χ1v) is 6.28. The van der Waals surface area contributed by atoms with Gasteiger partial charge in [0.25, 0.3) is 0 Å². The van der Waals surface area contributed by atoms with Crippen molar-refractivity contribution >= 4 is 10.9 Å². The summed E-state index contributed by atoms with van der Waals surface area (Å²) < 4.78 is 40.1. The van der Waals surface area contributed by atoms with Crippen molar-refractivity contribution in [2.24, 2.45) is 5.73 Å². The summed E-state index contributed by atoms with van der Waals surface area (Å²) >= 11 is 0. The van der Waals surface area contributed by atoms with E-state index in [9.17, 15) is 13.2 Å². The third kappa shape index (κ3) is 2.47. The van der Waals surface area contributed by atoms with Crippen molar-refractivity contribution in [2.45, 2.75) is 32.5 Å². The van der Waals surface area contributed by atoms with Crippen molar-refractivity contribution in [3.05, 3.63) is 35.5 Å². The van der Waals surface area contributed by atoms with E-state index in [1.165, 1.54) is 6.07 Å². The molecule has 0 radical (unpaired) electrons. The smallest absolute Gasteiger partial charge is 0.347 e. The fraction of sp³-hybridized carbons (Fsp3) is 0.429. The summed E-state index contributed by atoms with van der Waals surface area (Å²) in [7, 11) is 0. The first kappa shape index (κ1) is 13.9. The zero-order valence-corrected chi connectivity index (χ0v) is 11.0. The van der Waals surface area contributed by atoms with Gasteiger partial charge < -0.3 is 10.3 Å². The van der Waals surface area contributed by atoms with Gasteiger partial charge >= 0.3 is 6.18 Å². The van der Waals surface area contributed by atoms with Crippen LogP contribution in [0.4, 0.5) is 13.2 Å². The van der Waals surface area contributed by atoms with Crippen LogP contribution in [-0.2, 0) is 12.7 Å². The summed E-state index contributed by atoms with van der Waals surface area (Å²) in [5.74, 6) is 0.132. The Hall–Kier alpha value is -1.49. The average Bonchev–Trinajstić information content (AvgIpc) is 2.74. The lowest BCUT2D eigenvalue weighted by molar-refractivity contribution is -0.137. The topological polar surface area (TPSA) is 30.9 Å². The maximum atomic E-state index is 12.8. The minimum atomic E-state index is -4.31. The SMILES string of the molecule is CCn1cc(C(C)CN)c2ccc(C(F)(F)F)cc21. The van der Waals surface area contributed by atoms with E-state index in [1.54, 1.807) is 6.07 Å². The molecule has 1 aromatic heterocycles. The van der Waals surface area contributed by atoms with Gasteiger partial charge in [0.1, 0.15) is 0 Å². The van der Waals surface area contributed by atoms with Crippen LogP contribution in [-0.4, -0.2) is 11.1 Å². The van der Waals surface area contributed by atoms with Crippen LogP contribution in [0.5, 0.6) is 0 Å². The number of nitrogens with zero attached hydrogens (tertiary/aromatic N) is 1. The molecule has 2 rings (SSSR count). The van der Waals surface area contributed by atoms with Crippen molar-refractivity contribution in [2.75, 3.05) is 6.54 Å². The zero-order valence-electron chi connectivity index (χ0n) is 11.0. The van der Waals surface area contributed by atoms with Crippen molar-refractivity contribution in [3.8, 4) is 0 Å². The van der Waals surface area contributed by atoms with Crippen LogP contribution in [0.3, 0.4) is 0 Å². The van der Waals surface area contributed by atoms with Crippen LogP contribution < -0.4 is 5.73 Å². The monoisotopic (exact) mass is 270 g/mol. The minimum Gasteiger partial charge on any atom is -0.347 e. The molecule has 1 heterocycles. The Morgan fingerprint density at radius 2 is 2.00 bits per heavy atom. The standard InChI is InChI=1S/C14H17F3N2/c1-3-19-8-12(9(2)7-18)11-5-4-10(6-13(11)19)14(15,16)17/h4-6,8-9H,3,7,18H2,1-2H3. The van der Waals surface area contributed by atoms with Gasteiger partial charge in [0.05, 0.1) is 5.56 Å². The van der Waals surface area contributed by atoms with Crippen molar-refractivity contribution in [1.82, 2.24) is 4.57 Å². The van der Waals surface area contributed by atoms with Crippen LogP contribution in [0.2, 0.25) is 0 Å². The summed E-state index contributed by atoms with van der Waals surface area (Å²) in [5.41, 5.74) is 6.67. The van der Waals surface area contributed by atoms with Gasteiger partial charge in [-0.15, -0.1) is 0 Å². The lowest BCUT2D eigenvalue weighted by atomic mass is 10.00. The van der Waals surface area contributed by atoms with Crippen LogP contribution >= 0.6 is 0 Å². The first-order valence-electron chi connectivity index (χ1n) is 6.28. The molecule has 2 aromatic rings. The number of hydrogen-bond donors (Lipinski definition) is 1. The number of aromatic nitrogens is 1. The van der Waals surface area contributed by atoms with Crippen LogP contribution in [0.25, 0.3) is 10.9 Å². The van der Waals surface area contributed by atoms with E-state index >= 15 is 0 Å². The quantitative estimate of drug-likeness (QED) is 0.905. The van der Waals surface area contributed by atoms with Crippen molar-refractivity contribution < 1.29 is 13.2 Å². The zero-order chi connectivity index (χ0) is 14.2. The van der Waals surface area contributed by atoms with E-state index in [-0.39, 0.29) is 5.92 Å². The fourth-order valence-electron chi connectivity index (χ4n) is 2.28.